The molecule has 1 aromatic rings. The zero-order valence-electron chi connectivity index (χ0n) is 11.3. The molecule has 18 heavy (non-hydrogen) atoms. The summed E-state index contributed by atoms with van der Waals surface area (Å²) in [4.78, 5) is 25.1. The zero-order chi connectivity index (χ0) is 13.5. The van der Waals surface area contributed by atoms with E-state index >= 15 is 0 Å². The summed E-state index contributed by atoms with van der Waals surface area (Å²) in [5.74, 6) is -0.0124. The van der Waals surface area contributed by atoms with Crippen molar-refractivity contribution in [3.05, 3.63) is 24.0 Å². The van der Waals surface area contributed by atoms with Crippen LogP contribution in [0.15, 0.2) is 18.5 Å². The standard InChI is InChI=1S/C13H21N3O2/c1-4-6-14-13(18)10-16(3)9-12(17)11-5-7-15(2)8-11/h5,7-8H,4,6,9-10H2,1-3H3,(H,14,18). The Labute approximate surface area is 108 Å². The number of aromatic nitrogens is 1. The van der Waals surface area contributed by atoms with Crippen molar-refractivity contribution < 1.29 is 9.59 Å². The lowest BCUT2D eigenvalue weighted by Crippen LogP contribution is -2.37. The maximum atomic E-state index is 11.9. The summed E-state index contributed by atoms with van der Waals surface area (Å²) >= 11 is 0. The van der Waals surface area contributed by atoms with Gasteiger partial charge in [-0.3, -0.25) is 14.5 Å². The number of carbonyl (C=O) groups is 2. The van der Waals surface area contributed by atoms with E-state index in [0.717, 1.165) is 6.42 Å². The number of nitrogens with one attached hydrogen (secondary N) is 1. The fourth-order valence-corrected chi connectivity index (χ4v) is 1.63. The molecule has 0 radical (unpaired) electrons. The van der Waals surface area contributed by atoms with Crippen LogP contribution in [-0.4, -0.2) is 47.8 Å². The molecular weight excluding hydrogens is 230 g/mol. The number of hydrogen-bond donors (Lipinski definition) is 1. The third-order valence-corrected chi connectivity index (χ3v) is 2.55. The van der Waals surface area contributed by atoms with E-state index in [2.05, 4.69) is 5.32 Å². The van der Waals surface area contributed by atoms with Gasteiger partial charge in [-0.05, 0) is 19.5 Å². The normalized spacial score (nSPS) is 10.7. The van der Waals surface area contributed by atoms with Gasteiger partial charge in [-0.15, -0.1) is 0 Å². The predicted molar refractivity (Wildman–Crippen MR) is 70.5 cm³/mol. The van der Waals surface area contributed by atoms with E-state index in [1.54, 1.807) is 24.2 Å². The molecule has 1 heterocycles. The number of nitrogens with zero attached hydrogens (tertiary/aromatic N) is 2. The molecule has 5 nitrogen and oxygen atoms in total. The first-order valence-corrected chi connectivity index (χ1v) is 6.13. The van der Waals surface area contributed by atoms with Crippen LogP contribution in [0.1, 0.15) is 23.7 Å². The van der Waals surface area contributed by atoms with Gasteiger partial charge in [0, 0.05) is 31.5 Å². The third kappa shape index (κ3) is 4.71. The first kappa shape index (κ1) is 14.4. The highest BCUT2D eigenvalue weighted by atomic mass is 16.2. The van der Waals surface area contributed by atoms with Crippen molar-refractivity contribution in [1.29, 1.82) is 0 Å². The molecule has 1 rings (SSSR count). The number of Topliss-reactive ketones (excluding diaryl/α,β-unsaturated/α-hetero) is 1. The van der Waals surface area contributed by atoms with Crippen LogP contribution in [0.25, 0.3) is 0 Å². The molecule has 0 spiro atoms. The number of amides is 1. The Morgan fingerprint density at radius 3 is 2.67 bits per heavy atom. The summed E-state index contributed by atoms with van der Waals surface area (Å²) in [6.45, 7) is 3.18. The lowest BCUT2D eigenvalue weighted by molar-refractivity contribution is -0.121. The number of likely N-dealkylation sites (N-methyl/N-ethyl adjacent to an activating group) is 1. The number of ketones is 1. The molecule has 5 heteroatoms. The second-order valence-electron chi connectivity index (χ2n) is 4.51. The van der Waals surface area contributed by atoms with Gasteiger partial charge in [0.05, 0.1) is 13.1 Å². The Hall–Kier alpha value is -1.62. The van der Waals surface area contributed by atoms with E-state index in [4.69, 9.17) is 0 Å². The SMILES string of the molecule is CCCNC(=O)CN(C)CC(=O)c1ccn(C)c1. The van der Waals surface area contributed by atoms with Crippen LogP contribution in [0.2, 0.25) is 0 Å². The molecular formula is C13H21N3O2. The lowest BCUT2D eigenvalue weighted by atomic mass is 10.2. The summed E-state index contributed by atoms with van der Waals surface area (Å²) in [7, 11) is 3.64. The van der Waals surface area contributed by atoms with Crippen LogP contribution in [0, 0.1) is 0 Å². The average molecular weight is 251 g/mol. The summed E-state index contributed by atoms with van der Waals surface area (Å²) in [6, 6.07) is 1.79. The largest absolute Gasteiger partial charge is 0.357 e. The highest BCUT2D eigenvalue weighted by molar-refractivity contribution is 5.97. The highest BCUT2D eigenvalue weighted by Crippen LogP contribution is 2.01. The molecule has 0 aromatic carbocycles. The number of aryl methyl sites for hydroxylation is 1. The van der Waals surface area contributed by atoms with E-state index in [1.165, 1.54) is 0 Å². The fraction of sp³-hybridized carbons (Fsp3) is 0.538. The van der Waals surface area contributed by atoms with Crippen LogP contribution in [-0.2, 0) is 11.8 Å². The van der Waals surface area contributed by atoms with Gasteiger partial charge >= 0.3 is 0 Å². The molecule has 0 saturated heterocycles. The Kier molecular flexibility index (Phi) is 5.58. The molecule has 0 saturated carbocycles. The Morgan fingerprint density at radius 1 is 1.39 bits per heavy atom. The number of rotatable bonds is 7. The Balaban J connectivity index is 2.38. The van der Waals surface area contributed by atoms with Crippen molar-refractivity contribution in [2.75, 3.05) is 26.7 Å². The van der Waals surface area contributed by atoms with E-state index in [9.17, 15) is 9.59 Å². The molecule has 1 aromatic heterocycles. The molecule has 1 N–H and O–H groups in total. The Bertz CT molecular complexity index is 412. The Morgan fingerprint density at radius 2 is 2.11 bits per heavy atom. The van der Waals surface area contributed by atoms with Crippen molar-refractivity contribution in [1.82, 2.24) is 14.8 Å². The van der Waals surface area contributed by atoms with Gasteiger partial charge in [0.15, 0.2) is 5.78 Å². The van der Waals surface area contributed by atoms with Crippen molar-refractivity contribution in [2.45, 2.75) is 13.3 Å². The van der Waals surface area contributed by atoms with Gasteiger partial charge < -0.3 is 9.88 Å². The maximum absolute atomic E-state index is 11.9. The van der Waals surface area contributed by atoms with Crippen molar-refractivity contribution in [2.24, 2.45) is 7.05 Å². The summed E-state index contributed by atoms with van der Waals surface area (Å²) in [5.41, 5.74) is 0.679. The fourth-order valence-electron chi connectivity index (χ4n) is 1.63. The van der Waals surface area contributed by atoms with Gasteiger partial charge in [-0.2, -0.15) is 0 Å². The van der Waals surface area contributed by atoms with Crippen molar-refractivity contribution in [3.63, 3.8) is 0 Å². The first-order valence-electron chi connectivity index (χ1n) is 6.13. The summed E-state index contributed by atoms with van der Waals surface area (Å²) < 4.78 is 1.83. The molecule has 1 amide bonds. The van der Waals surface area contributed by atoms with Gasteiger partial charge in [0.25, 0.3) is 0 Å². The molecule has 0 unspecified atom stereocenters. The average Bonchev–Trinajstić information content (AvgIpc) is 2.73. The second kappa shape index (κ2) is 6.96. The number of carbonyl (C=O) groups excluding carboxylic acids is 2. The van der Waals surface area contributed by atoms with Crippen LogP contribution in [0.4, 0.5) is 0 Å². The second-order valence-corrected chi connectivity index (χ2v) is 4.51. The van der Waals surface area contributed by atoms with Crippen molar-refractivity contribution >= 4 is 11.7 Å². The third-order valence-electron chi connectivity index (χ3n) is 2.55. The van der Waals surface area contributed by atoms with Crippen LogP contribution in [0.3, 0.4) is 0 Å². The molecule has 0 atom stereocenters. The summed E-state index contributed by atoms with van der Waals surface area (Å²) in [6.07, 6.45) is 4.53. The molecule has 0 aliphatic carbocycles. The highest BCUT2D eigenvalue weighted by Gasteiger charge is 2.12. The predicted octanol–water partition coefficient (Wildman–Crippen LogP) is 0.666. The maximum Gasteiger partial charge on any atom is 0.234 e. The van der Waals surface area contributed by atoms with Crippen LogP contribution in [0.5, 0.6) is 0 Å². The monoisotopic (exact) mass is 251 g/mol. The minimum atomic E-state index is -0.0415. The van der Waals surface area contributed by atoms with Crippen LogP contribution < -0.4 is 5.32 Å². The summed E-state index contributed by atoms with van der Waals surface area (Å²) in [5, 5.41) is 2.78. The topological polar surface area (TPSA) is 54.3 Å². The van der Waals surface area contributed by atoms with E-state index < -0.39 is 0 Å². The van der Waals surface area contributed by atoms with Gasteiger partial charge in [0.1, 0.15) is 0 Å². The minimum absolute atomic E-state index is 0.0291. The van der Waals surface area contributed by atoms with Gasteiger partial charge in [-0.1, -0.05) is 6.92 Å². The molecule has 0 aliphatic heterocycles. The van der Waals surface area contributed by atoms with Gasteiger partial charge in [-0.25, -0.2) is 0 Å². The molecule has 0 bridgehead atoms. The zero-order valence-corrected chi connectivity index (χ0v) is 11.3. The quantitative estimate of drug-likeness (QED) is 0.725. The first-order chi connectivity index (χ1) is 8.52. The lowest BCUT2D eigenvalue weighted by Gasteiger charge is -2.14. The van der Waals surface area contributed by atoms with E-state index in [0.29, 0.717) is 12.1 Å². The van der Waals surface area contributed by atoms with E-state index in [1.807, 2.05) is 24.7 Å². The molecule has 0 fully saturated rings. The van der Waals surface area contributed by atoms with Gasteiger partial charge in [0.2, 0.25) is 5.91 Å². The smallest absolute Gasteiger partial charge is 0.234 e. The minimum Gasteiger partial charge on any atom is -0.357 e. The van der Waals surface area contributed by atoms with Crippen LogP contribution >= 0.6 is 0 Å². The molecule has 0 aliphatic rings. The van der Waals surface area contributed by atoms with Crippen molar-refractivity contribution in [3.8, 4) is 0 Å². The number of hydrogen-bond acceptors (Lipinski definition) is 3. The van der Waals surface area contributed by atoms with E-state index in [-0.39, 0.29) is 24.8 Å². The molecule has 100 valence electrons.